The second kappa shape index (κ2) is 4.68. The fraction of sp³-hybridized carbons (Fsp3) is 1.00. The van der Waals surface area contributed by atoms with Crippen molar-refractivity contribution in [2.75, 3.05) is 0 Å². The van der Waals surface area contributed by atoms with Crippen LogP contribution in [-0.4, -0.2) is 6.04 Å². The molecule has 3 aliphatic carbocycles. The van der Waals surface area contributed by atoms with Crippen molar-refractivity contribution in [3.63, 3.8) is 0 Å². The molecule has 3 saturated carbocycles. The molecule has 0 aromatic rings. The van der Waals surface area contributed by atoms with Crippen LogP contribution < -0.4 is 5.73 Å². The number of fused-ring (bicyclic) bond motifs is 2. The molecule has 0 spiro atoms. The Balaban J connectivity index is 1.42. The summed E-state index contributed by atoms with van der Waals surface area (Å²) in [4.78, 5) is 0. The Bertz CT molecular complexity index is 232. The smallest absolute Gasteiger partial charge is 0.00672 e. The molecule has 1 heteroatoms. The molecule has 92 valence electrons. The number of nitrogens with two attached hydrogens (primary N) is 1. The third kappa shape index (κ3) is 2.16. The minimum absolute atomic E-state index is 0.529. The molecule has 4 unspecified atom stereocenters. The van der Waals surface area contributed by atoms with E-state index in [0.29, 0.717) is 6.04 Å². The first-order chi connectivity index (χ1) is 7.83. The van der Waals surface area contributed by atoms with E-state index in [0.717, 1.165) is 23.7 Å². The van der Waals surface area contributed by atoms with Gasteiger partial charge in [-0.15, -0.1) is 0 Å². The standard InChI is InChI=1S/C15H27N/c16-15(12-3-1-2-4-12)8-7-14-10-11-5-6-13(14)9-11/h11-15H,1-10,16H2. The van der Waals surface area contributed by atoms with E-state index in [1.807, 2.05) is 0 Å². The van der Waals surface area contributed by atoms with Crippen LogP contribution in [0.3, 0.4) is 0 Å². The number of hydrogen-bond acceptors (Lipinski definition) is 1. The molecule has 0 amide bonds. The average molecular weight is 221 g/mol. The molecule has 4 atom stereocenters. The van der Waals surface area contributed by atoms with Gasteiger partial charge >= 0.3 is 0 Å². The van der Waals surface area contributed by atoms with Crippen molar-refractivity contribution in [3.05, 3.63) is 0 Å². The van der Waals surface area contributed by atoms with Crippen LogP contribution in [0.2, 0.25) is 0 Å². The van der Waals surface area contributed by atoms with Crippen LogP contribution in [0, 0.1) is 23.7 Å². The van der Waals surface area contributed by atoms with Gasteiger partial charge in [0.2, 0.25) is 0 Å². The first kappa shape index (κ1) is 11.1. The zero-order valence-corrected chi connectivity index (χ0v) is 10.5. The third-order valence-electron chi connectivity index (χ3n) is 5.76. The summed E-state index contributed by atoms with van der Waals surface area (Å²) < 4.78 is 0. The van der Waals surface area contributed by atoms with E-state index in [-0.39, 0.29) is 0 Å². The summed E-state index contributed by atoms with van der Waals surface area (Å²) in [6.07, 6.45) is 14.6. The van der Waals surface area contributed by atoms with Crippen molar-refractivity contribution in [3.8, 4) is 0 Å². The van der Waals surface area contributed by atoms with Gasteiger partial charge in [0.15, 0.2) is 0 Å². The van der Waals surface area contributed by atoms with Gasteiger partial charge in [0.25, 0.3) is 0 Å². The summed E-state index contributed by atoms with van der Waals surface area (Å²) in [5.41, 5.74) is 6.36. The molecule has 0 radical (unpaired) electrons. The fourth-order valence-corrected chi connectivity index (χ4v) is 4.76. The molecular weight excluding hydrogens is 194 g/mol. The highest BCUT2D eigenvalue weighted by Crippen LogP contribution is 2.50. The Hall–Kier alpha value is -0.0400. The molecule has 0 aromatic heterocycles. The maximum Gasteiger partial charge on any atom is 0.00672 e. The number of rotatable bonds is 4. The molecule has 2 bridgehead atoms. The Morgan fingerprint density at radius 3 is 2.44 bits per heavy atom. The zero-order chi connectivity index (χ0) is 11.0. The van der Waals surface area contributed by atoms with E-state index in [1.165, 1.54) is 51.4 Å². The van der Waals surface area contributed by atoms with Crippen LogP contribution >= 0.6 is 0 Å². The molecule has 0 aliphatic heterocycles. The summed E-state index contributed by atoms with van der Waals surface area (Å²) in [5, 5.41) is 0. The molecule has 2 N–H and O–H groups in total. The van der Waals surface area contributed by atoms with Gasteiger partial charge in [-0.2, -0.15) is 0 Å². The maximum absolute atomic E-state index is 6.36. The second-order valence-electron chi connectivity index (χ2n) is 6.72. The summed E-state index contributed by atoms with van der Waals surface area (Å²) >= 11 is 0. The van der Waals surface area contributed by atoms with Gasteiger partial charge in [0.05, 0.1) is 0 Å². The first-order valence-electron chi connectivity index (χ1n) is 7.58. The highest BCUT2D eigenvalue weighted by atomic mass is 14.7. The Morgan fingerprint density at radius 2 is 1.81 bits per heavy atom. The Morgan fingerprint density at radius 1 is 1.00 bits per heavy atom. The van der Waals surface area contributed by atoms with Gasteiger partial charge in [0, 0.05) is 6.04 Å². The quantitative estimate of drug-likeness (QED) is 0.769. The largest absolute Gasteiger partial charge is 0.327 e. The molecule has 3 rings (SSSR count). The third-order valence-corrected chi connectivity index (χ3v) is 5.76. The summed E-state index contributed by atoms with van der Waals surface area (Å²) in [6, 6.07) is 0.529. The van der Waals surface area contributed by atoms with E-state index in [2.05, 4.69) is 0 Å². The minimum atomic E-state index is 0.529. The maximum atomic E-state index is 6.36. The average Bonchev–Trinajstić information content (AvgIpc) is 3.01. The van der Waals surface area contributed by atoms with Gasteiger partial charge in [-0.1, -0.05) is 19.3 Å². The molecule has 0 saturated heterocycles. The topological polar surface area (TPSA) is 26.0 Å². The van der Waals surface area contributed by atoms with Crippen molar-refractivity contribution in [2.24, 2.45) is 29.4 Å². The summed E-state index contributed by atoms with van der Waals surface area (Å²) in [7, 11) is 0. The van der Waals surface area contributed by atoms with Crippen molar-refractivity contribution in [1.82, 2.24) is 0 Å². The first-order valence-corrected chi connectivity index (χ1v) is 7.58. The highest BCUT2D eigenvalue weighted by molar-refractivity contribution is 4.90. The molecule has 1 nitrogen and oxygen atoms in total. The predicted octanol–water partition coefficient (Wildman–Crippen LogP) is 3.72. The van der Waals surface area contributed by atoms with E-state index in [1.54, 1.807) is 12.8 Å². The minimum Gasteiger partial charge on any atom is -0.327 e. The predicted molar refractivity (Wildman–Crippen MR) is 68.1 cm³/mol. The van der Waals surface area contributed by atoms with Crippen LogP contribution in [0.4, 0.5) is 0 Å². The SMILES string of the molecule is NC(CCC1CC2CCC1C2)C1CCCC1. The normalized spacial score (nSPS) is 40.7. The molecule has 0 aromatic carbocycles. The lowest BCUT2D eigenvalue weighted by Crippen LogP contribution is -2.29. The van der Waals surface area contributed by atoms with Gasteiger partial charge < -0.3 is 5.73 Å². The van der Waals surface area contributed by atoms with Gasteiger partial charge in [0.1, 0.15) is 0 Å². The van der Waals surface area contributed by atoms with Crippen LogP contribution in [0.5, 0.6) is 0 Å². The van der Waals surface area contributed by atoms with Crippen molar-refractivity contribution in [2.45, 2.75) is 70.3 Å². The zero-order valence-electron chi connectivity index (χ0n) is 10.5. The number of hydrogen-bond donors (Lipinski definition) is 1. The van der Waals surface area contributed by atoms with E-state index in [9.17, 15) is 0 Å². The summed E-state index contributed by atoms with van der Waals surface area (Å²) in [5.74, 6) is 4.14. The second-order valence-corrected chi connectivity index (χ2v) is 6.72. The van der Waals surface area contributed by atoms with Crippen LogP contribution in [0.15, 0.2) is 0 Å². The monoisotopic (exact) mass is 221 g/mol. The molecule has 0 heterocycles. The van der Waals surface area contributed by atoms with Gasteiger partial charge in [-0.3, -0.25) is 0 Å². The fourth-order valence-electron chi connectivity index (χ4n) is 4.76. The van der Waals surface area contributed by atoms with E-state index in [4.69, 9.17) is 5.73 Å². The molecular formula is C15H27N. The van der Waals surface area contributed by atoms with Crippen molar-refractivity contribution in [1.29, 1.82) is 0 Å². The van der Waals surface area contributed by atoms with E-state index >= 15 is 0 Å². The van der Waals surface area contributed by atoms with E-state index < -0.39 is 0 Å². The van der Waals surface area contributed by atoms with Crippen molar-refractivity contribution >= 4 is 0 Å². The lowest BCUT2D eigenvalue weighted by Gasteiger charge is -2.25. The molecule has 3 fully saturated rings. The highest BCUT2D eigenvalue weighted by Gasteiger charge is 2.39. The van der Waals surface area contributed by atoms with Crippen LogP contribution in [0.25, 0.3) is 0 Å². The molecule has 3 aliphatic rings. The van der Waals surface area contributed by atoms with Crippen LogP contribution in [-0.2, 0) is 0 Å². The van der Waals surface area contributed by atoms with Gasteiger partial charge in [-0.05, 0) is 68.6 Å². The Labute approximate surface area is 100 Å². The van der Waals surface area contributed by atoms with Gasteiger partial charge in [-0.25, -0.2) is 0 Å². The lowest BCUT2D eigenvalue weighted by molar-refractivity contribution is 0.283. The summed E-state index contributed by atoms with van der Waals surface area (Å²) in [6.45, 7) is 0. The molecule has 16 heavy (non-hydrogen) atoms. The van der Waals surface area contributed by atoms with Crippen molar-refractivity contribution < 1.29 is 0 Å². The van der Waals surface area contributed by atoms with Crippen LogP contribution in [0.1, 0.15) is 64.2 Å². The Kier molecular flexibility index (Phi) is 3.24. The lowest BCUT2D eigenvalue weighted by atomic mass is 9.83.